The van der Waals surface area contributed by atoms with E-state index < -0.39 is 6.10 Å². The molecule has 0 aromatic heterocycles. The molecule has 0 amide bonds. The average Bonchev–Trinajstić information content (AvgIpc) is 2.45. The summed E-state index contributed by atoms with van der Waals surface area (Å²) in [5.74, 6) is 0.217. The molecule has 0 saturated carbocycles. The van der Waals surface area contributed by atoms with Gasteiger partial charge in [0.1, 0.15) is 0 Å². The Labute approximate surface area is 121 Å². The number of nitrogens with one attached hydrogen (secondary N) is 1. The second kappa shape index (κ2) is 9.08. The lowest BCUT2D eigenvalue weighted by atomic mass is 10.1. The lowest BCUT2D eigenvalue weighted by Gasteiger charge is -2.19. The molecular formula is C16H27NO3. The zero-order valence-corrected chi connectivity index (χ0v) is 12.6. The van der Waals surface area contributed by atoms with Crippen LogP contribution in [0.2, 0.25) is 0 Å². The largest absolute Gasteiger partial charge is 0.392 e. The third kappa shape index (κ3) is 6.48. The number of hydrogen-bond donors (Lipinski definition) is 3. The summed E-state index contributed by atoms with van der Waals surface area (Å²) in [7, 11) is 0. The van der Waals surface area contributed by atoms with Crippen molar-refractivity contribution in [2.24, 2.45) is 5.92 Å². The van der Waals surface area contributed by atoms with Gasteiger partial charge in [-0.3, -0.25) is 0 Å². The first-order valence-electron chi connectivity index (χ1n) is 7.24. The third-order valence-corrected chi connectivity index (χ3v) is 3.31. The molecule has 0 bridgehead atoms. The molecule has 114 valence electrons. The summed E-state index contributed by atoms with van der Waals surface area (Å²) in [6, 6.07) is 9.93. The second-order valence-corrected chi connectivity index (χ2v) is 5.51. The van der Waals surface area contributed by atoms with Crippen molar-refractivity contribution in [2.75, 3.05) is 19.7 Å². The van der Waals surface area contributed by atoms with Gasteiger partial charge in [-0.1, -0.05) is 44.2 Å². The molecule has 3 unspecified atom stereocenters. The first-order valence-corrected chi connectivity index (χ1v) is 7.24. The van der Waals surface area contributed by atoms with E-state index in [-0.39, 0.29) is 24.7 Å². The topological polar surface area (TPSA) is 61.7 Å². The Morgan fingerprint density at radius 1 is 1.05 bits per heavy atom. The monoisotopic (exact) mass is 281 g/mol. The molecule has 0 saturated heterocycles. The van der Waals surface area contributed by atoms with E-state index in [2.05, 4.69) is 5.32 Å². The molecule has 4 heteroatoms. The van der Waals surface area contributed by atoms with Crippen molar-refractivity contribution in [1.82, 2.24) is 5.32 Å². The lowest BCUT2D eigenvalue weighted by molar-refractivity contribution is -0.00335. The summed E-state index contributed by atoms with van der Waals surface area (Å²) >= 11 is 0. The van der Waals surface area contributed by atoms with Crippen LogP contribution in [0.3, 0.4) is 0 Å². The molecule has 3 N–H and O–H groups in total. The highest BCUT2D eigenvalue weighted by Gasteiger charge is 2.12. The Bertz CT molecular complexity index is 356. The van der Waals surface area contributed by atoms with Crippen molar-refractivity contribution in [3.8, 4) is 0 Å². The molecule has 0 spiro atoms. The van der Waals surface area contributed by atoms with E-state index in [1.807, 2.05) is 51.1 Å². The number of benzene rings is 1. The molecule has 0 aliphatic rings. The normalized spacial score (nSPS) is 16.1. The smallest absolute Gasteiger partial charge is 0.0897 e. The van der Waals surface area contributed by atoms with Gasteiger partial charge in [0.25, 0.3) is 0 Å². The van der Waals surface area contributed by atoms with E-state index in [9.17, 15) is 10.2 Å². The Balaban J connectivity index is 2.18. The highest BCUT2D eigenvalue weighted by molar-refractivity contribution is 5.16. The summed E-state index contributed by atoms with van der Waals surface area (Å²) in [5.41, 5.74) is 1.10. The number of rotatable bonds is 9. The molecule has 1 aromatic rings. The average molecular weight is 281 g/mol. The van der Waals surface area contributed by atoms with Gasteiger partial charge in [-0.25, -0.2) is 0 Å². The first kappa shape index (κ1) is 17.1. The third-order valence-electron chi connectivity index (χ3n) is 3.31. The SMILES string of the molecule is CC(OCC(O)CNCC(O)C(C)C)c1ccccc1. The fraction of sp³-hybridized carbons (Fsp3) is 0.625. The maximum atomic E-state index is 9.83. The molecule has 1 rings (SSSR count). The van der Waals surface area contributed by atoms with E-state index in [0.717, 1.165) is 5.56 Å². The maximum absolute atomic E-state index is 9.83. The summed E-state index contributed by atoms with van der Waals surface area (Å²) in [4.78, 5) is 0. The van der Waals surface area contributed by atoms with Crippen molar-refractivity contribution in [2.45, 2.75) is 39.1 Å². The van der Waals surface area contributed by atoms with Crippen LogP contribution in [0.5, 0.6) is 0 Å². The van der Waals surface area contributed by atoms with E-state index in [1.54, 1.807) is 0 Å². The number of hydrogen-bond acceptors (Lipinski definition) is 4. The molecule has 0 aliphatic carbocycles. The van der Waals surface area contributed by atoms with Crippen molar-refractivity contribution < 1.29 is 14.9 Å². The van der Waals surface area contributed by atoms with Crippen LogP contribution in [0.25, 0.3) is 0 Å². The van der Waals surface area contributed by atoms with Crippen molar-refractivity contribution in [3.63, 3.8) is 0 Å². The van der Waals surface area contributed by atoms with Crippen LogP contribution in [0.15, 0.2) is 30.3 Å². The maximum Gasteiger partial charge on any atom is 0.0897 e. The molecule has 3 atom stereocenters. The van der Waals surface area contributed by atoms with Crippen LogP contribution < -0.4 is 5.32 Å². The number of aliphatic hydroxyl groups excluding tert-OH is 2. The predicted molar refractivity (Wildman–Crippen MR) is 80.5 cm³/mol. The van der Waals surface area contributed by atoms with E-state index in [4.69, 9.17) is 4.74 Å². The van der Waals surface area contributed by atoms with Gasteiger partial charge in [0.05, 0.1) is 24.9 Å². The van der Waals surface area contributed by atoms with Crippen LogP contribution in [0.1, 0.15) is 32.4 Å². The molecule has 4 nitrogen and oxygen atoms in total. The Kier molecular flexibility index (Phi) is 7.77. The van der Waals surface area contributed by atoms with Crippen molar-refractivity contribution in [3.05, 3.63) is 35.9 Å². The summed E-state index contributed by atoms with van der Waals surface area (Å²) in [6.07, 6.45) is -0.987. The molecule has 0 aliphatic heterocycles. The number of ether oxygens (including phenoxy) is 1. The molecule has 20 heavy (non-hydrogen) atoms. The minimum absolute atomic E-state index is 0.0351. The van der Waals surface area contributed by atoms with Gasteiger partial charge in [-0.15, -0.1) is 0 Å². The van der Waals surface area contributed by atoms with Gasteiger partial charge in [-0.2, -0.15) is 0 Å². The summed E-state index contributed by atoms with van der Waals surface area (Å²) in [5, 5.41) is 22.5. The number of aliphatic hydroxyl groups is 2. The Hall–Kier alpha value is -0.940. The second-order valence-electron chi connectivity index (χ2n) is 5.51. The van der Waals surface area contributed by atoms with E-state index >= 15 is 0 Å². The van der Waals surface area contributed by atoms with Gasteiger partial charge in [0, 0.05) is 13.1 Å². The fourth-order valence-electron chi connectivity index (χ4n) is 1.77. The summed E-state index contributed by atoms with van der Waals surface area (Å²) < 4.78 is 5.64. The van der Waals surface area contributed by atoms with Gasteiger partial charge < -0.3 is 20.3 Å². The fourth-order valence-corrected chi connectivity index (χ4v) is 1.77. The van der Waals surface area contributed by atoms with Crippen LogP contribution in [-0.4, -0.2) is 42.1 Å². The molecule has 0 heterocycles. The lowest BCUT2D eigenvalue weighted by Crippen LogP contribution is -2.37. The highest BCUT2D eigenvalue weighted by atomic mass is 16.5. The van der Waals surface area contributed by atoms with Crippen molar-refractivity contribution >= 4 is 0 Å². The van der Waals surface area contributed by atoms with Crippen LogP contribution in [0, 0.1) is 5.92 Å². The van der Waals surface area contributed by atoms with Gasteiger partial charge in [0.2, 0.25) is 0 Å². The molecular weight excluding hydrogens is 254 g/mol. The first-order chi connectivity index (χ1) is 9.50. The molecule has 0 fully saturated rings. The van der Waals surface area contributed by atoms with Gasteiger partial charge in [-0.05, 0) is 18.4 Å². The van der Waals surface area contributed by atoms with E-state index in [1.165, 1.54) is 0 Å². The zero-order chi connectivity index (χ0) is 15.0. The van der Waals surface area contributed by atoms with Crippen LogP contribution in [-0.2, 0) is 4.74 Å². The van der Waals surface area contributed by atoms with Crippen molar-refractivity contribution in [1.29, 1.82) is 0 Å². The minimum atomic E-state index is -0.569. The van der Waals surface area contributed by atoms with Crippen LogP contribution in [0.4, 0.5) is 0 Å². The van der Waals surface area contributed by atoms with Crippen LogP contribution >= 0.6 is 0 Å². The molecule has 1 aromatic carbocycles. The standard InChI is InChI=1S/C16H27NO3/c1-12(2)16(19)10-17-9-15(18)11-20-13(3)14-7-5-4-6-8-14/h4-8,12-13,15-19H,9-11H2,1-3H3. The van der Waals surface area contributed by atoms with E-state index in [0.29, 0.717) is 13.1 Å². The quantitative estimate of drug-likeness (QED) is 0.645. The Morgan fingerprint density at radius 2 is 1.70 bits per heavy atom. The highest BCUT2D eigenvalue weighted by Crippen LogP contribution is 2.15. The summed E-state index contributed by atoms with van der Waals surface area (Å²) in [6.45, 7) is 7.09. The zero-order valence-electron chi connectivity index (χ0n) is 12.6. The Morgan fingerprint density at radius 3 is 2.30 bits per heavy atom. The minimum Gasteiger partial charge on any atom is -0.392 e. The van der Waals surface area contributed by atoms with Gasteiger partial charge >= 0.3 is 0 Å². The predicted octanol–water partition coefficient (Wildman–Crippen LogP) is 1.73. The van der Waals surface area contributed by atoms with Gasteiger partial charge in [0.15, 0.2) is 0 Å². The molecule has 0 radical (unpaired) electrons.